The molecular formula is C24H34N4OS. The summed E-state index contributed by atoms with van der Waals surface area (Å²) in [6.07, 6.45) is 7.51. The summed E-state index contributed by atoms with van der Waals surface area (Å²) >= 11 is 1.51. The second kappa shape index (κ2) is 8.74. The van der Waals surface area contributed by atoms with Gasteiger partial charge in [0.25, 0.3) is 0 Å². The molecule has 0 bridgehead atoms. The van der Waals surface area contributed by atoms with E-state index in [1.165, 1.54) is 49.4 Å². The minimum Gasteiger partial charge on any atom is -0.339 e. The number of piperidine rings is 1. The van der Waals surface area contributed by atoms with Crippen LogP contribution in [0.25, 0.3) is 11.4 Å². The van der Waals surface area contributed by atoms with Gasteiger partial charge < -0.3 is 9.47 Å². The fraction of sp³-hybridized carbons (Fsp3) is 0.625. The van der Waals surface area contributed by atoms with Crippen LogP contribution in [0.5, 0.6) is 0 Å². The highest BCUT2D eigenvalue weighted by atomic mass is 32.2. The van der Waals surface area contributed by atoms with Crippen molar-refractivity contribution in [2.24, 2.45) is 13.0 Å². The van der Waals surface area contributed by atoms with Crippen LogP contribution in [0.3, 0.4) is 0 Å². The number of benzene rings is 1. The first-order valence-corrected chi connectivity index (χ1v) is 12.3. The van der Waals surface area contributed by atoms with E-state index in [4.69, 9.17) is 0 Å². The van der Waals surface area contributed by atoms with E-state index in [1.807, 2.05) is 11.6 Å². The molecule has 30 heavy (non-hydrogen) atoms. The van der Waals surface area contributed by atoms with E-state index in [2.05, 4.69) is 60.1 Å². The average Bonchev–Trinajstić information content (AvgIpc) is 3.11. The summed E-state index contributed by atoms with van der Waals surface area (Å²) in [6.45, 7) is 7.57. The minimum absolute atomic E-state index is 0.131. The topological polar surface area (TPSA) is 51.0 Å². The fourth-order valence-corrected chi connectivity index (χ4v) is 5.75. The monoisotopic (exact) mass is 426 g/mol. The predicted octanol–water partition coefficient (Wildman–Crippen LogP) is 5.05. The molecule has 0 spiro atoms. The third-order valence-electron chi connectivity index (χ3n) is 6.73. The molecule has 4 rings (SSSR count). The van der Waals surface area contributed by atoms with Gasteiger partial charge in [-0.2, -0.15) is 0 Å². The minimum atomic E-state index is 0.131. The van der Waals surface area contributed by atoms with Gasteiger partial charge >= 0.3 is 0 Å². The number of amides is 1. The number of carbonyl (C=O) groups excluding carboxylic acids is 1. The maximum atomic E-state index is 13.0. The molecule has 1 aliphatic carbocycles. The van der Waals surface area contributed by atoms with Gasteiger partial charge in [0.1, 0.15) is 0 Å². The van der Waals surface area contributed by atoms with Gasteiger partial charge in [0.2, 0.25) is 5.91 Å². The van der Waals surface area contributed by atoms with Crippen LogP contribution in [0.4, 0.5) is 0 Å². The highest BCUT2D eigenvalue weighted by molar-refractivity contribution is 7.99. The molecule has 2 heterocycles. The second-order valence-corrected chi connectivity index (χ2v) is 10.8. The summed E-state index contributed by atoms with van der Waals surface area (Å²) < 4.78 is 2.00. The Kier molecular flexibility index (Phi) is 6.24. The SMILES string of the molecule is Cn1c(SCC(=O)N2CCCC3CCCCC32)nnc1-c1ccc(C(C)(C)C)cc1. The molecule has 1 amide bonds. The van der Waals surface area contributed by atoms with Crippen LogP contribution in [0.2, 0.25) is 0 Å². The maximum absolute atomic E-state index is 13.0. The van der Waals surface area contributed by atoms with Gasteiger partial charge in [0, 0.05) is 25.2 Å². The van der Waals surface area contributed by atoms with Gasteiger partial charge in [-0.3, -0.25) is 4.79 Å². The summed E-state index contributed by atoms with van der Waals surface area (Å²) in [4.78, 5) is 15.2. The molecular weight excluding hydrogens is 392 g/mol. The maximum Gasteiger partial charge on any atom is 0.233 e. The number of aromatic nitrogens is 3. The summed E-state index contributed by atoms with van der Waals surface area (Å²) in [6, 6.07) is 9.02. The molecule has 6 heteroatoms. The Morgan fingerprint density at radius 3 is 2.50 bits per heavy atom. The quantitative estimate of drug-likeness (QED) is 0.642. The molecule has 0 N–H and O–H groups in total. The fourth-order valence-electron chi connectivity index (χ4n) is 4.95. The zero-order chi connectivity index (χ0) is 21.3. The van der Waals surface area contributed by atoms with Crippen LogP contribution in [-0.4, -0.2) is 43.9 Å². The third-order valence-corrected chi connectivity index (χ3v) is 7.74. The Morgan fingerprint density at radius 1 is 1.07 bits per heavy atom. The van der Waals surface area contributed by atoms with E-state index in [-0.39, 0.29) is 11.3 Å². The number of likely N-dealkylation sites (tertiary alicyclic amines) is 1. The zero-order valence-corrected chi connectivity index (χ0v) is 19.5. The van der Waals surface area contributed by atoms with E-state index in [9.17, 15) is 4.79 Å². The molecule has 1 saturated carbocycles. The van der Waals surface area contributed by atoms with Crippen molar-refractivity contribution < 1.29 is 4.79 Å². The van der Waals surface area contributed by atoms with E-state index < -0.39 is 0 Å². The van der Waals surface area contributed by atoms with Crippen molar-refractivity contribution in [3.05, 3.63) is 29.8 Å². The lowest BCUT2D eigenvalue weighted by molar-refractivity contribution is -0.134. The Hall–Kier alpha value is -1.82. The molecule has 1 aliphatic heterocycles. The third kappa shape index (κ3) is 4.43. The summed E-state index contributed by atoms with van der Waals surface area (Å²) in [5, 5.41) is 9.57. The normalized spacial score (nSPS) is 22.1. The molecule has 2 aliphatic rings. The van der Waals surface area contributed by atoms with E-state index in [1.54, 1.807) is 0 Å². The van der Waals surface area contributed by atoms with Crippen LogP contribution >= 0.6 is 11.8 Å². The molecule has 1 aromatic heterocycles. The van der Waals surface area contributed by atoms with Crippen molar-refractivity contribution in [2.75, 3.05) is 12.3 Å². The van der Waals surface area contributed by atoms with Crippen LogP contribution in [-0.2, 0) is 17.3 Å². The smallest absolute Gasteiger partial charge is 0.233 e. The van der Waals surface area contributed by atoms with Crippen LogP contribution < -0.4 is 0 Å². The molecule has 0 radical (unpaired) electrons. The molecule has 2 fully saturated rings. The van der Waals surface area contributed by atoms with Crippen molar-refractivity contribution in [3.8, 4) is 11.4 Å². The Balaban J connectivity index is 1.41. The molecule has 2 aromatic rings. The lowest BCUT2D eigenvalue weighted by atomic mass is 9.78. The van der Waals surface area contributed by atoms with Gasteiger partial charge in [-0.15, -0.1) is 10.2 Å². The molecule has 2 unspecified atom stereocenters. The average molecular weight is 427 g/mol. The van der Waals surface area contributed by atoms with Gasteiger partial charge in [-0.25, -0.2) is 0 Å². The molecule has 1 saturated heterocycles. The number of carbonyl (C=O) groups is 1. The van der Waals surface area contributed by atoms with Gasteiger partial charge in [0.05, 0.1) is 5.75 Å². The van der Waals surface area contributed by atoms with Gasteiger partial charge in [-0.05, 0) is 42.6 Å². The van der Waals surface area contributed by atoms with Crippen molar-refractivity contribution in [1.29, 1.82) is 0 Å². The van der Waals surface area contributed by atoms with E-state index in [0.717, 1.165) is 35.4 Å². The van der Waals surface area contributed by atoms with E-state index in [0.29, 0.717) is 11.8 Å². The number of hydrogen-bond acceptors (Lipinski definition) is 4. The van der Waals surface area contributed by atoms with Crippen molar-refractivity contribution in [2.45, 2.75) is 75.9 Å². The highest BCUT2D eigenvalue weighted by Crippen LogP contribution is 2.36. The zero-order valence-electron chi connectivity index (χ0n) is 18.7. The summed E-state index contributed by atoms with van der Waals surface area (Å²) in [7, 11) is 1.98. The second-order valence-electron chi connectivity index (χ2n) is 9.82. The first-order valence-electron chi connectivity index (χ1n) is 11.3. The Labute approximate surface area is 184 Å². The number of rotatable bonds is 4. The standard InChI is InChI=1S/C24H34N4OS/c1-24(2,3)19-13-11-18(12-14-19)22-25-26-23(27(22)4)30-16-21(29)28-15-7-9-17-8-5-6-10-20(17)28/h11-14,17,20H,5-10,15-16H2,1-4H3. The van der Waals surface area contributed by atoms with Crippen molar-refractivity contribution >= 4 is 17.7 Å². The Morgan fingerprint density at radius 2 is 1.77 bits per heavy atom. The number of fused-ring (bicyclic) bond motifs is 1. The predicted molar refractivity (Wildman–Crippen MR) is 123 cm³/mol. The molecule has 2 atom stereocenters. The number of hydrogen-bond donors (Lipinski definition) is 0. The van der Waals surface area contributed by atoms with Crippen molar-refractivity contribution in [3.63, 3.8) is 0 Å². The summed E-state index contributed by atoms with van der Waals surface area (Å²) in [5.41, 5.74) is 2.49. The highest BCUT2D eigenvalue weighted by Gasteiger charge is 2.35. The van der Waals surface area contributed by atoms with Gasteiger partial charge in [0.15, 0.2) is 11.0 Å². The van der Waals surface area contributed by atoms with Crippen LogP contribution in [0, 0.1) is 5.92 Å². The van der Waals surface area contributed by atoms with Crippen LogP contribution in [0.1, 0.15) is 64.9 Å². The lowest BCUT2D eigenvalue weighted by Crippen LogP contribution is -2.50. The first kappa shape index (κ1) is 21.4. The molecule has 5 nitrogen and oxygen atoms in total. The van der Waals surface area contributed by atoms with E-state index >= 15 is 0 Å². The van der Waals surface area contributed by atoms with Gasteiger partial charge in [-0.1, -0.05) is 69.6 Å². The molecule has 162 valence electrons. The number of thioether (sulfide) groups is 1. The largest absolute Gasteiger partial charge is 0.339 e. The van der Waals surface area contributed by atoms with Crippen molar-refractivity contribution in [1.82, 2.24) is 19.7 Å². The lowest BCUT2D eigenvalue weighted by Gasteiger charge is -2.44. The van der Waals surface area contributed by atoms with Crippen LogP contribution in [0.15, 0.2) is 29.4 Å². The number of nitrogens with zero attached hydrogens (tertiary/aromatic N) is 4. The Bertz CT molecular complexity index is 882. The summed E-state index contributed by atoms with van der Waals surface area (Å²) in [5.74, 6) is 2.27. The molecule has 1 aromatic carbocycles. The first-order chi connectivity index (χ1) is 14.3.